The molecule has 0 aliphatic rings. The molecule has 0 atom stereocenters. The van der Waals surface area contributed by atoms with Gasteiger partial charge in [-0.25, -0.2) is 0 Å². The fourth-order valence-electron chi connectivity index (χ4n) is 1.73. The first-order valence-electron chi connectivity index (χ1n) is 5.63. The van der Waals surface area contributed by atoms with E-state index < -0.39 is 0 Å². The molecule has 0 aliphatic heterocycles. The van der Waals surface area contributed by atoms with Crippen LogP contribution >= 0.6 is 27.3 Å². The number of hydrogen-bond donors (Lipinski definition) is 1. The molecule has 1 heterocycles. The summed E-state index contributed by atoms with van der Waals surface area (Å²) in [6.45, 7) is 7.33. The summed E-state index contributed by atoms with van der Waals surface area (Å²) in [4.78, 5) is 2.69. The molecule has 0 spiro atoms. The van der Waals surface area contributed by atoms with Gasteiger partial charge in [0.1, 0.15) is 0 Å². The Bertz CT molecular complexity index is 512. The van der Waals surface area contributed by atoms with Crippen molar-refractivity contribution in [1.82, 2.24) is 0 Å². The first-order valence-corrected chi connectivity index (χ1v) is 7.24. The van der Waals surface area contributed by atoms with Gasteiger partial charge in [-0.15, -0.1) is 11.3 Å². The third kappa shape index (κ3) is 2.90. The van der Waals surface area contributed by atoms with E-state index in [-0.39, 0.29) is 0 Å². The van der Waals surface area contributed by atoms with E-state index >= 15 is 0 Å². The highest BCUT2D eigenvalue weighted by molar-refractivity contribution is 9.10. The molecule has 0 saturated carbocycles. The standard InChI is InChI=1S/C14H16BrNS/c1-9-5-4-6-14(10(9)2)16-8-12-7-13(15)11(3)17-12/h4-7,16H,8H2,1-3H3. The van der Waals surface area contributed by atoms with Crippen LogP contribution in [0.2, 0.25) is 0 Å². The number of benzene rings is 1. The number of aryl methyl sites for hydroxylation is 2. The normalized spacial score (nSPS) is 10.6. The third-order valence-corrected chi connectivity index (χ3v) is 5.10. The highest BCUT2D eigenvalue weighted by Crippen LogP contribution is 2.27. The summed E-state index contributed by atoms with van der Waals surface area (Å²) < 4.78 is 1.21. The molecule has 0 amide bonds. The fourth-order valence-corrected chi connectivity index (χ4v) is 3.27. The van der Waals surface area contributed by atoms with E-state index in [9.17, 15) is 0 Å². The second-order valence-corrected chi connectivity index (χ2v) is 6.41. The van der Waals surface area contributed by atoms with Gasteiger partial charge in [0.05, 0.1) is 0 Å². The maximum absolute atomic E-state index is 3.55. The first kappa shape index (κ1) is 12.7. The largest absolute Gasteiger partial charge is 0.380 e. The van der Waals surface area contributed by atoms with E-state index in [0.29, 0.717) is 0 Å². The Kier molecular flexibility index (Phi) is 3.89. The average Bonchev–Trinajstić information content (AvgIpc) is 2.61. The van der Waals surface area contributed by atoms with Crippen molar-refractivity contribution < 1.29 is 0 Å². The second-order valence-electron chi connectivity index (χ2n) is 4.22. The lowest BCUT2D eigenvalue weighted by Crippen LogP contribution is -2.00. The van der Waals surface area contributed by atoms with Crippen molar-refractivity contribution in [2.24, 2.45) is 0 Å². The first-order chi connectivity index (χ1) is 8.08. The fraction of sp³-hybridized carbons (Fsp3) is 0.286. The molecule has 0 fully saturated rings. The van der Waals surface area contributed by atoms with Crippen LogP contribution in [0.4, 0.5) is 5.69 Å². The number of halogens is 1. The molecule has 0 aliphatic carbocycles. The van der Waals surface area contributed by atoms with Gasteiger partial charge in [-0.2, -0.15) is 0 Å². The zero-order valence-corrected chi connectivity index (χ0v) is 12.7. The Hall–Kier alpha value is -0.800. The lowest BCUT2D eigenvalue weighted by molar-refractivity contribution is 1.17. The van der Waals surface area contributed by atoms with Gasteiger partial charge < -0.3 is 5.32 Å². The van der Waals surface area contributed by atoms with Crippen LogP contribution in [0.1, 0.15) is 20.9 Å². The SMILES string of the molecule is Cc1cccc(NCc2cc(Br)c(C)s2)c1C. The summed E-state index contributed by atoms with van der Waals surface area (Å²) in [6.07, 6.45) is 0. The molecule has 0 unspecified atom stereocenters. The predicted molar refractivity (Wildman–Crippen MR) is 80.0 cm³/mol. The highest BCUT2D eigenvalue weighted by atomic mass is 79.9. The van der Waals surface area contributed by atoms with E-state index in [0.717, 1.165) is 6.54 Å². The quantitative estimate of drug-likeness (QED) is 0.836. The number of thiophene rings is 1. The van der Waals surface area contributed by atoms with E-state index in [1.54, 1.807) is 0 Å². The minimum Gasteiger partial charge on any atom is -0.380 e. The maximum atomic E-state index is 3.55. The molecule has 3 heteroatoms. The minimum atomic E-state index is 0.890. The van der Waals surface area contributed by atoms with Crippen molar-refractivity contribution in [3.05, 3.63) is 49.6 Å². The van der Waals surface area contributed by atoms with Gasteiger partial charge in [0.2, 0.25) is 0 Å². The Balaban J connectivity index is 2.10. The van der Waals surface area contributed by atoms with Gasteiger partial charge in [-0.1, -0.05) is 12.1 Å². The van der Waals surface area contributed by atoms with E-state index in [2.05, 4.69) is 66.3 Å². The van der Waals surface area contributed by atoms with Gasteiger partial charge in [0.15, 0.2) is 0 Å². The third-order valence-electron chi connectivity index (χ3n) is 2.97. The molecule has 0 radical (unpaired) electrons. The van der Waals surface area contributed by atoms with Crippen LogP contribution in [0.3, 0.4) is 0 Å². The van der Waals surface area contributed by atoms with Crippen LogP contribution < -0.4 is 5.32 Å². The molecule has 2 aromatic rings. The van der Waals surface area contributed by atoms with Crippen molar-refractivity contribution in [3.8, 4) is 0 Å². The highest BCUT2D eigenvalue weighted by Gasteiger charge is 2.04. The minimum absolute atomic E-state index is 0.890. The number of hydrogen-bond acceptors (Lipinski definition) is 2. The molecule has 0 saturated heterocycles. The Morgan fingerprint density at radius 1 is 1.24 bits per heavy atom. The maximum Gasteiger partial charge on any atom is 0.0494 e. The van der Waals surface area contributed by atoms with Crippen LogP contribution in [0.25, 0.3) is 0 Å². The summed E-state index contributed by atoms with van der Waals surface area (Å²) in [5, 5.41) is 3.50. The van der Waals surface area contributed by atoms with Gasteiger partial charge in [-0.05, 0) is 60.0 Å². The van der Waals surface area contributed by atoms with Crippen molar-refractivity contribution in [2.45, 2.75) is 27.3 Å². The second kappa shape index (κ2) is 5.23. The smallest absolute Gasteiger partial charge is 0.0494 e. The van der Waals surface area contributed by atoms with Gasteiger partial charge in [0, 0.05) is 26.5 Å². The van der Waals surface area contributed by atoms with Gasteiger partial charge in [0.25, 0.3) is 0 Å². The van der Waals surface area contributed by atoms with E-state index in [4.69, 9.17) is 0 Å². The van der Waals surface area contributed by atoms with E-state index in [1.807, 2.05) is 11.3 Å². The lowest BCUT2D eigenvalue weighted by Gasteiger charge is -2.10. The summed E-state index contributed by atoms with van der Waals surface area (Å²) in [5.41, 5.74) is 3.89. The summed E-state index contributed by atoms with van der Waals surface area (Å²) in [6, 6.07) is 8.57. The monoisotopic (exact) mass is 309 g/mol. The number of nitrogens with one attached hydrogen (secondary N) is 1. The predicted octanol–water partition coefficient (Wildman–Crippen LogP) is 5.05. The molecular weight excluding hydrogens is 294 g/mol. The summed E-state index contributed by atoms with van der Waals surface area (Å²) in [7, 11) is 0. The molecule has 90 valence electrons. The Morgan fingerprint density at radius 2 is 2.00 bits per heavy atom. The van der Waals surface area contributed by atoms with Crippen molar-refractivity contribution in [1.29, 1.82) is 0 Å². The summed E-state index contributed by atoms with van der Waals surface area (Å²) in [5.74, 6) is 0. The lowest BCUT2D eigenvalue weighted by atomic mass is 10.1. The number of rotatable bonds is 3. The molecule has 1 N–H and O–H groups in total. The Morgan fingerprint density at radius 3 is 2.65 bits per heavy atom. The molecular formula is C14H16BrNS. The average molecular weight is 310 g/mol. The van der Waals surface area contributed by atoms with Crippen molar-refractivity contribution in [2.75, 3.05) is 5.32 Å². The van der Waals surface area contributed by atoms with Crippen molar-refractivity contribution >= 4 is 33.0 Å². The van der Waals surface area contributed by atoms with Gasteiger partial charge in [-0.3, -0.25) is 0 Å². The summed E-state index contributed by atoms with van der Waals surface area (Å²) >= 11 is 5.39. The van der Waals surface area contributed by atoms with E-state index in [1.165, 1.54) is 31.0 Å². The zero-order chi connectivity index (χ0) is 12.4. The molecule has 2 rings (SSSR count). The molecule has 0 bridgehead atoms. The van der Waals surface area contributed by atoms with Crippen molar-refractivity contribution in [3.63, 3.8) is 0 Å². The van der Waals surface area contributed by atoms with Gasteiger partial charge >= 0.3 is 0 Å². The van der Waals surface area contributed by atoms with Crippen LogP contribution in [-0.2, 0) is 6.54 Å². The van der Waals surface area contributed by atoms with Crippen LogP contribution in [0.15, 0.2) is 28.7 Å². The topological polar surface area (TPSA) is 12.0 Å². The molecule has 1 aromatic carbocycles. The molecule has 1 nitrogen and oxygen atoms in total. The van der Waals surface area contributed by atoms with Crippen LogP contribution in [-0.4, -0.2) is 0 Å². The number of anilines is 1. The van der Waals surface area contributed by atoms with Crippen LogP contribution in [0, 0.1) is 20.8 Å². The molecule has 1 aromatic heterocycles. The Labute approximate surface area is 115 Å². The van der Waals surface area contributed by atoms with Crippen LogP contribution in [0.5, 0.6) is 0 Å². The molecule has 17 heavy (non-hydrogen) atoms. The zero-order valence-electron chi connectivity index (χ0n) is 10.3.